The van der Waals surface area contributed by atoms with E-state index in [-0.39, 0.29) is 5.56 Å². The zero-order chi connectivity index (χ0) is 27.0. The molecule has 0 unspecified atom stereocenters. The summed E-state index contributed by atoms with van der Waals surface area (Å²) < 4.78 is 5.34. The fraction of sp³-hybridized carbons (Fsp3) is 0.448. The van der Waals surface area contributed by atoms with Crippen LogP contribution in [0.3, 0.4) is 0 Å². The molecule has 1 aliphatic carbocycles. The Morgan fingerprint density at radius 2 is 2.05 bits per heavy atom. The summed E-state index contributed by atoms with van der Waals surface area (Å²) in [6.45, 7) is 8.15. The summed E-state index contributed by atoms with van der Waals surface area (Å²) in [5.41, 5.74) is 4.11. The minimum atomic E-state index is -0.438. The molecule has 2 fully saturated rings. The Balaban J connectivity index is 1.60. The number of hydrogen-bond donors (Lipinski definition) is 3. The topological polar surface area (TPSA) is 123 Å². The molecule has 9 heteroatoms. The Kier molecular flexibility index (Phi) is 7.09. The number of nitriles is 1. The Hall–Kier alpha value is -3.90. The normalized spacial score (nSPS) is 18.5. The van der Waals surface area contributed by atoms with Gasteiger partial charge in [0.2, 0.25) is 0 Å². The lowest BCUT2D eigenvalue weighted by molar-refractivity contribution is 0.0939. The minimum absolute atomic E-state index is 0.117. The van der Waals surface area contributed by atoms with Gasteiger partial charge in [-0.05, 0) is 63.8 Å². The molecular formula is C29H34N6O3. The molecule has 3 heterocycles. The van der Waals surface area contributed by atoms with Gasteiger partial charge >= 0.3 is 0 Å². The summed E-state index contributed by atoms with van der Waals surface area (Å²) in [5, 5.41) is 16.7. The number of benzene rings is 1. The minimum Gasteiger partial charge on any atom is -0.495 e. The number of fused-ring (bicyclic) bond motifs is 1. The molecule has 3 aromatic rings. The van der Waals surface area contributed by atoms with E-state index in [0.29, 0.717) is 35.5 Å². The van der Waals surface area contributed by atoms with Crippen molar-refractivity contribution in [1.29, 1.82) is 5.26 Å². The molecule has 0 radical (unpaired) electrons. The first-order valence-corrected chi connectivity index (χ1v) is 13.3. The number of ether oxygens (including phenoxy) is 1. The summed E-state index contributed by atoms with van der Waals surface area (Å²) >= 11 is 0. The van der Waals surface area contributed by atoms with E-state index in [0.717, 1.165) is 60.2 Å². The van der Waals surface area contributed by atoms with Crippen LogP contribution in [0.2, 0.25) is 0 Å². The molecule has 1 aliphatic heterocycles. The van der Waals surface area contributed by atoms with E-state index in [1.54, 1.807) is 18.2 Å². The van der Waals surface area contributed by atoms with Gasteiger partial charge in [0.05, 0.1) is 35.6 Å². The van der Waals surface area contributed by atoms with Crippen LogP contribution in [0.5, 0.6) is 5.75 Å². The predicted octanol–water partition coefficient (Wildman–Crippen LogP) is 3.67. The van der Waals surface area contributed by atoms with Crippen molar-refractivity contribution in [2.24, 2.45) is 0 Å². The van der Waals surface area contributed by atoms with Crippen molar-refractivity contribution < 1.29 is 9.53 Å². The molecule has 1 amide bonds. The molecule has 9 nitrogen and oxygen atoms in total. The number of anilines is 1. The highest BCUT2D eigenvalue weighted by atomic mass is 16.5. The lowest BCUT2D eigenvalue weighted by atomic mass is 10.0. The second-order valence-electron chi connectivity index (χ2n) is 10.4. The van der Waals surface area contributed by atoms with Crippen LogP contribution in [-0.2, 0) is 0 Å². The van der Waals surface area contributed by atoms with Gasteiger partial charge in [-0.25, -0.2) is 0 Å². The molecule has 2 aromatic heterocycles. The number of carbonyl (C=O) groups is 1. The Labute approximate surface area is 222 Å². The number of pyridine rings is 2. The van der Waals surface area contributed by atoms with Crippen LogP contribution in [0, 0.1) is 18.3 Å². The number of carbonyl (C=O) groups excluding carboxylic acids is 1. The SMILES string of the molecule is COc1cc([C@H](C)NC(=O)c2c(N3CCN[C@@H](C)CC3)c3cc(C)nc(C4CC4)c3[nH]c2=O)ccc1C#N. The molecule has 3 N–H and O–H groups in total. The van der Waals surface area contributed by atoms with Gasteiger partial charge in [-0.1, -0.05) is 6.07 Å². The first kappa shape index (κ1) is 25.7. The molecule has 0 bridgehead atoms. The molecule has 1 aromatic carbocycles. The lowest BCUT2D eigenvalue weighted by Gasteiger charge is -2.27. The molecule has 0 spiro atoms. The number of nitrogens with zero attached hydrogens (tertiary/aromatic N) is 3. The van der Waals surface area contributed by atoms with Crippen molar-refractivity contribution in [3.05, 3.63) is 62.7 Å². The van der Waals surface area contributed by atoms with Gasteiger partial charge in [-0.15, -0.1) is 0 Å². The Morgan fingerprint density at radius 1 is 1.26 bits per heavy atom. The zero-order valence-corrected chi connectivity index (χ0v) is 22.4. The highest BCUT2D eigenvalue weighted by Gasteiger charge is 2.32. The van der Waals surface area contributed by atoms with E-state index in [2.05, 4.69) is 33.5 Å². The van der Waals surface area contributed by atoms with Crippen LogP contribution in [0.1, 0.15) is 77.9 Å². The standard InChI is InChI=1S/C29H34N6O3/c1-16-9-11-35(12-10-31-16)27-22-13-17(2)32-25(19-5-6-19)26(22)34-29(37)24(27)28(36)33-18(3)20-7-8-21(15-30)23(14-20)38-4/h7-8,13-14,16,18-19,31H,5-6,9-12H2,1-4H3,(H,33,36)(H,34,37)/t16-,18-/m0/s1. The second kappa shape index (κ2) is 10.5. The average Bonchev–Trinajstić information content (AvgIpc) is 3.76. The van der Waals surface area contributed by atoms with Crippen LogP contribution in [0.15, 0.2) is 29.1 Å². The third-order valence-corrected chi connectivity index (χ3v) is 7.54. The molecule has 5 rings (SSSR count). The molecule has 198 valence electrons. The maximum absolute atomic E-state index is 13.8. The van der Waals surface area contributed by atoms with Gasteiger partial charge in [0.15, 0.2) is 0 Å². The maximum Gasteiger partial charge on any atom is 0.263 e. The quantitative estimate of drug-likeness (QED) is 0.459. The van der Waals surface area contributed by atoms with Gasteiger partial charge in [0.1, 0.15) is 17.4 Å². The predicted molar refractivity (Wildman–Crippen MR) is 147 cm³/mol. The third-order valence-electron chi connectivity index (χ3n) is 7.54. The van der Waals surface area contributed by atoms with Crippen molar-refractivity contribution in [2.75, 3.05) is 31.6 Å². The van der Waals surface area contributed by atoms with E-state index in [4.69, 9.17) is 9.72 Å². The largest absolute Gasteiger partial charge is 0.495 e. The summed E-state index contributed by atoms with van der Waals surface area (Å²) in [5.74, 6) is 0.349. The molecule has 1 saturated heterocycles. The maximum atomic E-state index is 13.8. The van der Waals surface area contributed by atoms with E-state index in [9.17, 15) is 14.9 Å². The highest BCUT2D eigenvalue weighted by molar-refractivity contribution is 6.08. The Morgan fingerprint density at radius 3 is 2.76 bits per heavy atom. The highest BCUT2D eigenvalue weighted by Crippen LogP contribution is 2.43. The zero-order valence-electron chi connectivity index (χ0n) is 22.4. The van der Waals surface area contributed by atoms with Crippen molar-refractivity contribution in [2.45, 2.75) is 58.0 Å². The number of aryl methyl sites for hydroxylation is 1. The van der Waals surface area contributed by atoms with E-state index >= 15 is 0 Å². The summed E-state index contributed by atoms with van der Waals surface area (Å²) in [6, 6.07) is 9.23. The lowest BCUT2D eigenvalue weighted by Crippen LogP contribution is -2.37. The second-order valence-corrected chi connectivity index (χ2v) is 10.4. The fourth-order valence-corrected chi connectivity index (χ4v) is 5.28. The summed E-state index contributed by atoms with van der Waals surface area (Å²) in [4.78, 5) is 37.4. The first-order valence-electron chi connectivity index (χ1n) is 13.3. The van der Waals surface area contributed by atoms with Gasteiger partial charge in [-0.3, -0.25) is 14.6 Å². The smallest absolute Gasteiger partial charge is 0.263 e. The fourth-order valence-electron chi connectivity index (χ4n) is 5.28. The van der Waals surface area contributed by atoms with Gasteiger partial charge in [-0.2, -0.15) is 5.26 Å². The number of hydrogen-bond acceptors (Lipinski definition) is 7. The Bertz CT molecular complexity index is 1490. The number of amides is 1. The number of H-pyrrole nitrogens is 1. The van der Waals surface area contributed by atoms with E-state index in [1.165, 1.54) is 7.11 Å². The molecule has 1 saturated carbocycles. The third kappa shape index (κ3) is 4.96. The first-order chi connectivity index (χ1) is 18.3. The van der Waals surface area contributed by atoms with Crippen LogP contribution in [0.25, 0.3) is 10.9 Å². The van der Waals surface area contributed by atoms with Gasteiger partial charge in [0.25, 0.3) is 11.5 Å². The number of aromatic amines is 1. The summed E-state index contributed by atoms with van der Waals surface area (Å²) in [7, 11) is 1.51. The summed E-state index contributed by atoms with van der Waals surface area (Å²) in [6.07, 6.45) is 3.01. The monoisotopic (exact) mass is 514 g/mol. The number of aromatic nitrogens is 2. The van der Waals surface area contributed by atoms with Crippen molar-refractivity contribution in [3.8, 4) is 11.8 Å². The van der Waals surface area contributed by atoms with Crippen LogP contribution in [0.4, 0.5) is 5.69 Å². The molecule has 2 atom stereocenters. The van der Waals surface area contributed by atoms with Gasteiger partial charge < -0.3 is 25.3 Å². The van der Waals surface area contributed by atoms with Crippen molar-refractivity contribution >= 4 is 22.5 Å². The molecule has 38 heavy (non-hydrogen) atoms. The van der Waals surface area contributed by atoms with Crippen LogP contribution in [-0.4, -0.2) is 48.7 Å². The number of nitrogens with one attached hydrogen (secondary N) is 3. The average molecular weight is 515 g/mol. The van der Waals surface area contributed by atoms with Crippen molar-refractivity contribution in [1.82, 2.24) is 20.6 Å². The van der Waals surface area contributed by atoms with Gasteiger partial charge in [0, 0.05) is 42.7 Å². The number of rotatable bonds is 6. The van der Waals surface area contributed by atoms with Crippen LogP contribution >= 0.6 is 0 Å². The number of methoxy groups -OCH3 is 1. The van der Waals surface area contributed by atoms with Crippen molar-refractivity contribution in [3.63, 3.8) is 0 Å². The molecular weight excluding hydrogens is 480 g/mol. The van der Waals surface area contributed by atoms with E-state index in [1.807, 2.05) is 19.9 Å². The molecule has 2 aliphatic rings. The van der Waals surface area contributed by atoms with E-state index < -0.39 is 17.5 Å². The van der Waals surface area contributed by atoms with Crippen LogP contribution < -0.4 is 25.8 Å².